The average Bonchev–Trinajstić information content (AvgIpc) is 2.94. The van der Waals surface area contributed by atoms with Gasteiger partial charge in [-0.3, -0.25) is 4.79 Å². The molecule has 1 amide bonds. The van der Waals surface area contributed by atoms with E-state index in [0.717, 1.165) is 36.4 Å². The zero-order chi connectivity index (χ0) is 19.8. The molecule has 0 bridgehead atoms. The number of carbonyl (C=O) groups is 1. The number of amides is 1. The van der Waals surface area contributed by atoms with Crippen LogP contribution in [0, 0.1) is 5.92 Å². The van der Waals surface area contributed by atoms with Crippen molar-refractivity contribution in [2.45, 2.75) is 58.4 Å². The lowest BCUT2D eigenvalue weighted by Gasteiger charge is -2.24. The third-order valence-corrected chi connectivity index (χ3v) is 5.43. The van der Waals surface area contributed by atoms with Crippen molar-refractivity contribution < 1.29 is 14.3 Å². The number of nitrogens with one attached hydrogen (secondary N) is 2. The van der Waals surface area contributed by atoms with Crippen LogP contribution in [0.1, 0.15) is 64.0 Å². The molecule has 2 aliphatic rings. The molecular weight excluding hydrogens is 352 g/mol. The Bertz CT molecular complexity index is 684. The van der Waals surface area contributed by atoms with Crippen molar-refractivity contribution in [2.75, 3.05) is 26.3 Å². The molecule has 0 aromatic heterocycles. The van der Waals surface area contributed by atoms with Crippen LogP contribution in [0.5, 0.6) is 11.5 Å². The molecule has 28 heavy (non-hydrogen) atoms. The fourth-order valence-corrected chi connectivity index (χ4v) is 3.87. The van der Waals surface area contributed by atoms with E-state index >= 15 is 0 Å². The summed E-state index contributed by atoms with van der Waals surface area (Å²) < 4.78 is 11.5. The molecule has 1 aromatic carbocycles. The van der Waals surface area contributed by atoms with Crippen LogP contribution in [0.15, 0.2) is 29.8 Å². The normalized spacial score (nSPS) is 17.6. The fraction of sp³-hybridized carbons (Fsp3) is 0.609. The van der Waals surface area contributed by atoms with Crippen molar-refractivity contribution in [2.24, 2.45) is 5.92 Å². The van der Waals surface area contributed by atoms with E-state index in [1.54, 1.807) is 0 Å². The first-order chi connectivity index (χ1) is 13.6. The molecule has 1 atom stereocenters. The summed E-state index contributed by atoms with van der Waals surface area (Å²) in [5.74, 6) is 2.01. The summed E-state index contributed by atoms with van der Waals surface area (Å²) >= 11 is 0. The van der Waals surface area contributed by atoms with Gasteiger partial charge in [-0.05, 0) is 55.7 Å². The van der Waals surface area contributed by atoms with Gasteiger partial charge in [-0.2, -0.15) is 0 Å². The number of hydrogen-bond donors (Lipinski definition) is 2. The lowest BCUT2D eigenvalue weighted by atomic mass is 9.95. The van der Waals surface area contributed by atoms with Crippen molar-refractivity contribution in [3.05, 3.63) is 35.4 Å². The Morgan fingerprint density at radius 3 is 2.68 bits per heavy atom. The molecule has 5 heteroatoms. The highest BCUT2D eigenvalue weighted by atomic mass is 16.5. The number of ether oxygens (including phenoxy) is 2. The van der Waals surface area contributed by atoms with Gasteiger partial charge in [0.2, 0.25) is 5.91 Å². The van der Waals surface area contributed by atoms with Gasteiger partial charge in [0.25, 0.3) is 0 Å². The zero-order valence-electron chi connectivity index (χ0n) is 17.3. The predicted octanol–water partition coefficient (Wildman–Crippen LogP) is 4.14. The quantitative estimate of drug-likeness (QED) is 0.659. The van der Waals surface area contributed by atoms with Gasteiger partial charge in [-0.15, -0.1) is 0 Å². The summed E-state index contributed by atoms with van der Waals surface area (Å²) in [5, 5.41) is 6.47. The Labute approximate surface area is 168 Å². The lowest BCUT2D eigenvalue weighted by Crippen LogP contribution is -2.37. The van der Waals surface area contributed by atoms with Crippen LogP contribution in [0.4, 0.5) is 0 Å². The second-order valence-corrected chi connectivity index (χ2v) is 8.07. The summed E-state index contributed by atoms with van der Waals surface area (Å²) in [6.07, 6.45) is 9.18. The van der Waals surface area contributed by atoms with Crippen LogP contribution in [0.3, 0.4) is 0 Å². The lowest BCUT2D eigenvalue weighted by molar-refractivity contribution is -0.120. The first-order valence-corrected chi connectivity index (χ1v) is 10.7. The minimum Gasteiger partial charge on any atom is -0.490 e. The van der Waals surface area contributed by atoms with Gasteiger partial charge in [0.1, 0.15) is 0 Å². The molecule has 1 unspecified atom stereocenters. The van der Waals surface area contributed by atoms with E-state index in [0.29, 0.717) is 25.7 Å². The molecule has 0 saturated heterocycles. The van der Waals surface area contributed by atoms with Gasteiger partial charge < -0.3 is 20.1 Å². The van der Waals surface area contributed by atoms with Crippen LogP contribution in [-0.2, 0) is 4.79 Å². The molecule has 1 heterocycles. The van der Waals surface area contributed by atoms with E-state index < -0.39 is 0 Å². The Morgan fingerprint density at radius 1 is 1.11 bits per heavy atom. The number of benzene rings is 1. The number of allylic oxidation sites excluding steroid dienone is 1. The van der Waals surface area contributed by atoms with Gasteiger partial charge in [-0.25, -0.2) is 0 Å². The maximum atomic E-state index is 12.3. The van der Waals surface area contributed by atoms with Gasteiger partial charge in [-0.1, -0.05) is 31.6 Å². The summed E-state index contributed by atoms with van der Waals surface area (Å²) in [4.78, 5) is 12.3. The molecule has 0 fully saturated rings. The molecule has 5 nitrogen and oxygen atoms in total. The second kappa shape index (κ2) is 10.5. The van der Waals surface area contributed by atoms with Crippen LogP contribution in [-0.4, -0.2) is 32.2 Å². The minimum atomic E-state index is 0.0522. The summed E-state index contributed by atoms with van der Waals surface area (Å²) in [6, 6.07) is 6.18. The monoisotopic (exact) mass is 386 g/mol. The Kier molecular flexibility index (Phi) is 7.78. The average molecular weight is 387 g/mol. The second-order valence-electron chi connectivity index (χ2n) is 8.07. The number of fused-ring (bicyclic) bond motifs is 1. The van der Waals surface area contributed by atoms with Crippen LogP contribution in [0.2, 0.25) is 0 Å². The SMILES string of the molecule is CC(C)C(NCC(=O)NCCC1=CCCCC1)c1ccc2c(c1)OCCCO2. The van der Waals surface area contributed by atoms with Crippen molar-refractivity contribution in [3.8, 4) is 11.5 Å². The number of hydrogen-bond acceptors (Lipinski definition) is 4. The fourth-order valence-electron chi connectivity index (χ4n) is 3.87. The van der Waals surface area contributed by atoms with Gasteiger partial charge in [0.05, 0.1) is 19.8 Å². The summed E-state index contributed by atoms with van der Waals surface area (Å²) in [5.41, 5.74) is 2.62. The van der Waals surface area contributed by atoms with Crippen molar-refractivity contribution in [1.82, 2.24) is 10.6 Å². The van der Waals surface area contributed by atoms with Crippen molar-refractivity contribution in [3.63, 3.8) is 0 Å². The van der Waals surface area contributed by atoms with E-state index in [9.17, 15) is 4.79 Å². The Balaban J connectivity index is 1.51. The molecule has 0 radical (unpaired) electrons. The molecule has 0 saturated carbocycles. The summed E-state index contributed by atoms with van der Waals surface area (Å²) in [7, 11) is 0. The molecule has 1 aromatic rings. The van der Waals surface area contributed by atoms with Crippen LogP contribution < -0.4 is 20.1 Å². The third-order valence-electron chi connectivity index (χ3n) is 5.43. The van der Waals surface area contributed by atoms with Crippen LogP contribution in [0.25, 0.3) is 0 Å². The van der Waals surface area contributed by atoms with Crippen molar-refractivity contribution >= 4 is 5.91 Å². The highest BCUT2D eigenvalue weighted by Crippen LogP contribution is 2.34. The number of carbonyl (C=O) groups excluding carboxylic acids is 1. The maximum Gasteiger partial charge on any atom is 0.233 e. The largest absolute Gasteiger partial charge is 0.490 e. The van der Waals surface area contributed by atoms with Gasteiger partial charge >= 0.3 is 0 Å². The topological polar surface area (TPSA) is 59.6 Å². The Morgan fingerprint density at radius 2 is 1.93 bits per heavy atom. The molecule has 154 valence electrons. The van der Waals surface area contributed by atoms with Crippen molar-refractivity contribution in [1.29, 1.82) is 0 Å². The number of rotatable bonds is 8. The molecular formula is C23H34N2O3. The molecule has 0 spiro atoms. The standard InChI is InChI=1S/C23H34N2O3/c1-17(2)23(19-9-10-20-21(15-19)28-14-6-13-27-20)25-16-22(26)24-12-11-18-7-4-3-5-8-18/h7,9-10,15,17,23,25H,3-6,8,11-14,16H2,1-2H3,(H,24,26). The van der Waals surface area contributed by atoms with Gasteiger partial charge in [0.15, 0.2) is 11.5 Å². The predicted molar refractivity (Wildman–Crippen MR) is 112 cm³/mol. The first-order valence-electron chi connectivity index (χ1n) is 10.7. The maximum absolute atomic E-state index is 12.3. The smallest absolute Gasteiger partial charge is 0.233 e. The van der Waals surface area contributed by atoms with E-state index in [1.807, 2.05) is 12.1 Å². The molecule has 1 aliphatic carbocycles. The highest BCUT2D eigenvalue weighted by Gasteiger charge is 2.19. The van der Waals surface area contributed by atoms with Gasteiger partial charge in [0, 0.05) is 19.0 Å². The Hall–Kier alpha value is -2.01. The van der Waals surface area contributed by atoms with Crippen LogP contribution >= 0.6 is 0 Å². The first kappa shape index (κ1) is 20.7. The zero-order valence-corrected chi connectivity index (χ0v) is 17.3. The molecule has 3 rings (SSSR count). The molecule has 1 aliphatic heterocycles. The highest BCUT2D eigenvalue weighted by molar-refractivity contribution is 5.78. The van der Waals surface area contributed by atoms with E-state index in [2.05, 4.69) is 36.6 Å². The summed E-state index contributed by atoms with van der Waals surface area (Å²) in [6.45, 7) is 6.73. The van der Waals surface area contributed by atoms with E-state index in [-0.39, 0.29) is 11.9 Å². The molecule has 2 N–H and O–H groups in total. The minimum absolute atomic E-state index is 0.0522. The third kappa shape index (κ3) is 5.99. The van der Waals surface area contributed by atoms with E-state index in [1.165, 1.54) is 31.3 Å². The van der Waals surface area contributed by atoms with E-state index in [4.69, 9.17) is 9.47 Å².